The molecular formula is C11H17N3O6. The van der Waals surface area contributed by atoms with E-state index < -0.39 is 36.5 Å². The molecule has 0 bridgehead atoms. The first-order chi connectivity index (χ1) is 9.36. The van der Waals surface area contributed by atoms with Gasteiger partial charge >= 0.3 is 18.0 Å². The normalized spacial score (nSPS) is 19.2. The molecule has 0 spiro atoms. The molecule has 1 rings (SSSR count). The lowest BCUT2D eigenvalue weighted by molar-refractivity contribution is -0.145. The monoisotopic (exact) mass is 287 g/mol. The van der Waals surface area contributed by atoms with Crippen molar-refractivity contribution >= 4 is 23.9 Å². The van der Waals surface area contributed by atoms with E-state index in [0.29, 0.717) is 19.4 Å². The van der Waals surface area contributed by atoms with Crippen molar-refractivity contribution in [1.29, 1.82) is 0 Å². The van der Waals surface area contributed by atoms with Crippen LogP contribution in [0.15, 0.2) is 0 Å². The Morgan fingerprint density at radius 1 is 1.30 bits per heavy atom. The van der Waals surface area contributed by atoms with Gasteiger partial charge in [-0.1, -0.05) is 0 Å². The van der Waals surface area contributed by atoms with Gasteiger partial charge in [0.05, 0.1) is 6.42 Å². The molecule has 9 heteroatoms. The summed E-state index contributed by atoms with van der Waals surface area (Å²) in [5.41, 5.74) is 0. The van der Waals surface area contributed by atoms with Crippen LogP contribution in [-0.4, -0.2) is 64.7 Å². The lowest BCUT2D eigenvalue weighted by Crippen LogP contribution is -2.53. The average molecular weight is 287 g/mol. The Bertz CT molecular complexity index is 424. The number of likely N-dealkylation sites (N-methyl/N-ethyl adjacent to an activating group) is 1. The van der Waals surface area contributed by atoms with Crippen molar-refractivity contribution in [3.63, 3.8) is 0 Å². The van der Waals surface area contributed by atoms with Gasteiger partial charge in [0, 0.05) is 13.6 Å². The van der Waals surface area contributed by atoms with Crippen LogP contribution in [0.3, 0.4) is 0 Å². The molecule has 1 saturated heterocycles. The summed E-state index contributed by atoms with van der Waals surface area (Å²) in [6.45, 7) is 0.323. The molecule has 2 atom stereocenters. The standard InChI is InChI=1S/C11H17N3O6/c1-12-9(17)7-3-2-4-14(7)11(20)13-6(10(18)19)5-8(15)16/h6-7H,2-5H2,1H3,(H,12,17)(H,13,20)(H,15,16)(H,18,19)/t6-,7?/m0/s1. The quantitative estimate of drug-likeness (QED) is 0.503. The Balaban J connectivity index is 2.70. The molecule has 0 aromatic carbocycles. The van der Waals surface area contributed by atoms with Gasteiger partial charge in [0.25, 0.3) is 0 Å². The maximum absolute atomic E-state index is 12.0. The van der Waals surface area contributed by atoms with E-state index in [1.165, 1.54) is 11.9 Å². The average Bonchev–Trinajstić information content (AvgIpc) is 2.85. The van der Waals surface area contributed by atoms with Crippen molar-refractivity contribution in [2.75, 3.05) is 13.6 Å². The number of aliphatic carboxylic acids is 2. The number of likely N-dealkylation sites (tertiary alicyclic amines) is 1. The number of carbonyl (C=O) groups is 4. The maximum atomic E-state index is 12.0. The molecule has 3 amide bonds. The third kappa shape index (κ3) is 3.84. The van der Waals surface area contributed by atoms with Gasteiger partial charge in [-0.2, -0.15) is 0 Å². The molecule has 20 heavy (non-hydrogen) atoms. The third-order valence-electron chi connectivity index (χ3n) is 3.04. The lowest BCUT2D eigenvalue weighted by Gasteiger charge is -2.25. The Labute approximate surface area is 114 Å². The second-order valence-corrected chi connectivity index (χ2v) is 4.40. The van der Waals surface area contributed by atoms with Gasteiger partial charge < -0.3 is 25.7 Å². The van der Waals surface area contributed by atoms with E-state index in [1.807, 2.05) is 0 Å². The van der Waals surface area contributed by atoms with Gasteiger partial charge in [-0.15, -0.1) is 0 Å². The van der Waals surface area contributed by atoms with Crippen LogP contribution in [0.4, 0.5) is 4.79 Å². The molecule has 9 nitrogen and oxygen atoms in total. The fourth-order valence-corrected chi connectivity index (χ4v) is 2.06. The highest BCUT2D eigenvalue weighted by Crippen LogP contribution is 2.17. The van der Waals surface area contributed by atoms with Crippen molar-refractivity contribution in [2.45, 2.75) is 31.3 Å². The van der Waals surface area contributed by atoms with Crippen LogP contribution >= 0.6 is 0 Å². The molecule has 1 fully saturated rings. The zero-order valence-electron chi connectivity index (χ0n) is 11.0. The topological polar surface area (TPSA) is 136 Å². The number of hydrogen-bond acceptors (Lipinski definition) is 4. The van der Waals surface area contributed by atoms with Gasteiger partial charge in [-0.25, -0.2) is 9.59 Å². The smallest absolute Gasteiger partial charge is 0.326 e. The first kappa shape index (κ1) is 15.7. The molecule has 1 heterocycles. The van der Waals surface area contributed by atoms with E-state index in [1.54, 1.807) is 0 Å². The molecule has 0 radical (unpaired) electrons. The van der Waals surface area contributed by atoms with E-state index in [4.69, 9.17) is 10.2 Å². The van der Waals surface area contributed by atoms with Crippen LogP contribution < -0.4 is 10.6 Å². The summed E-state index contributed by atoms with van der Waals surface area (Å²) in [6.07, 6.45) is 0.394. The van der Waals surface area contributed by atoms with E-state index in [2.05, 4.69) is 10.6 Å². The predicted molar refractivity (Wildman–Crippen MR) is 66.0 cm³/mol. The van der Waals surface area contributed by atoms with Gasteiger partial charge in [-0.3, -0.25) is 9.59 Å². The third-order valence-corrected chi connectivity index (χ3v) is 3.04. The zero-order chi connectivity index (χ0) is 15.3. The fraction of sp³-hybridized carbons (Fsp3) is 0.636. The second kappa shape index (κ2) is 6.73. The van der Waals surface area contributed by atoms with Crippen LogP contribution in [0.1, 0.15) is 19.3 Å². The Hall–Kier alpha value is -2.32. The van der Waals surface area contributed by atoms with Gasteiger partial charge in [0.2, 0.25) is 5.91 Å². The van der Waals surface area contributed by atoms with Gasteiger partial charge in [0.1, 0.15) is 12.1 Å². The fourth-order valence-electron chi connectivity index (χ4n) is 2.06. The van der Waals surface area contributed by atoms with Crippen molar-refractivity contribution in [3.8, 4) is 0 Å². The van der Waals surface area contributed by atoms with Gasteiger partial charge in [-0.05, 0) is 12.8 Å². The molecule has 1 aliphatic heterocycles. The highest BCUT2D eigenvalue weighted by atomic mass is 16.4. The molecular weight excluding hydrogens is 270 g/mol. The number of carbonyl (C=O) groups excluding carboxylic acids is 2. The van der Waals surface area contributed by atoms with Crippen molar-refractivity contribution in [2.24, 2.45) is 0 Å². The number of amides is 3. The largest absolute Gasteiger partial charge is 0.481 e. The predicted octanol–water partition coefficient (Wildman–Crippen LogP) is -1.17. The molecule has 112 valence electrons. The van der Waals surface area contributed by atoms with E-state index >= 15 is 0 Å². The summed E-state index contributed by atoms with van der Waals surface area (Å²) in [4.78, 5) is 46.2. The second-order valence-electron chi connectivity index (χ2n) is 4.40. The van der Waals surface area contributed by atoms with Crippen LogP contribution in [-0.2, 0) is 14.4 Å². The molecule has 0 aromatic heterocycles. The van der Waals surface area contributed by atoms with E-state index in [-0.39, 0.29) is 5.91 Å². The number of carboxylic acid groups (broad SMARTS) is 2. The van der Waals surface area contributed by atoms with Crippen LogP contribution in [0.2, 0.25) is 0 Å². The summed E-state index contributed by atoms with van der Waals surface area (Å²) >= 11 is 0. The SMILES string of the molecule is CNC(=O)C1CCCN1C(=O)N[C@@H](CC(=O)O)C(=O)O. The number of hydrogen-bond donors (Lipinski definition) is 4. The molecule has 0 aromatic rings. The summed E-state index contributed by atoms with van der Waals surface area (Å²) in [5, 5.41) is 22.0. The summed E-state index contributed by atoms with van der Waals surface area (Å²) in [7, 11) is 1.45. The first-order valence-corrected chi connectivity index (χ1v) is 6.10. The van der Waals surface area contributed by atoms with E-state index in [0.717, 1.165) is 0 Å². The van der Waals surface area contributed by atoms with Crippen LogP contribution in [0.5, 0.6) is 0 Å². The minimum Gasteiger partial charge on any atom is -0.481 e. The van der Waals surface area contributed by atoms with Crippen molar-refractivity contribution < 1.29 is 29.4 Å². The maximum Gasteiger partial charge on any atom is 0.326 e. The van der Waals surface area contributed by atoms with Crippen molar-refractivity contribution in [1.82, 2.24) is 15.5 Å². The van der Waals surface area contributed by atoms with Gasteiger partial charge in [0.15, 0.2) is 0 Å². The van der Waals surface area contributed by atoms with Crippen molar-refractivity contribution in [3.05, 3.63) is 0 Å². The molecule has 1 unspecified atom stereocenters. The molecule has 4 N–H and O–H groups in total. The summed E-state index contributed by atoms with van der Waals surface area (Å²) in [5.74, 6) is -3.10. The minimum atomic E-state index is -1.52. The number of carboxylic acids is 2. The highest BCUT2D eigenvalue weighted by Gasteiger charge is 2.35. The molecule has 0 saturated carbocycles. The zero-order valence-corrected chi connectivity index (χ0v) is 11.0. The number of nitrogens with zero attached hydrogens (tertiary/aromatic N) is 1. The number of rotatable bonds is 5. The summed E-state index contributed by atoms with van der Waals surface area (Å²) in [6, 6.07) is -2.92. The lowest BCUT2D eigenvalue weighted by atomic mass is 10.2. The number of nitrogens with one attached hydrogen (secondary N) is 2. The Morgan fingerprint density at radius 3 is 2.45 bits per heavy atom. The Morgan fingerprint density at radius 2 is 1.95 bits per heavy atom. The van der Waals surface area contributed by atoms with Crippen LogP contribution in [0, 0.1) is 0 Å². The minimum absolute atomic E-state index is 0.323. The summed E-state index contributed by atoms with van der Waals surface area (Å²) < 4.78 is 0. The highest BCUT2D eigenvalue weighted by molar-refractivity contribution is 5.90. The number of urea groups is 1. The van der Waals surface area contributed by atoms with E-state index in [9.17, 15) is 19.2 Å². The first-order valence-electron chi connectivity index (χ1n) is 6.10. The molecule has 1 aliphatic rings. The Kier molecular flexibility index (Phi) is 5.30. The van der Waals surface area contributed by atoms with Crippen LogP contribution in [0.25, 0.3) is 0 Å². The molecule has 0 aliphatic carbocycles.